The average molecular weight is 393 g/mol. The Bertz CT molecular complexity index is 609. The minimum atomic E-state index is 0.592. The number of hydrogen-bond acceptors (Lipinski definition) is 3. The maximum atomic E-state index is 5.22. The van der Waals surface area contributed by atoms with Gasteiger partial charge in [-0.15, -0.1) is 0 Å². The van der Waals surface area contributed by atoms with E-state index in [1.807, 2.05) is 22.8 Å². The van der Waals surface area contributed by atoms with E-state index in [0.717, 1.165) is 20.3 Å². The Morgan fingerprint density at radius 3 is 2.89 bits per heavy atom. The zero-order valence-electron chi connectivity index (χ0n) is 9.61. The van der Waals surface area contributed by atoms with Crippen LogP contribution in [0.3, 0.4) is 0 Å². The molecule has 0 fully saturated rings. The van der Waals surface area contributed by atoms with Crippen molar-refractivity contribution in [2.75, 3.05) is 13.7 Å². The number of halogens is 2. The minimum absolute atomic E-state index is 0.592. The Kier molecular flexibility index (Phi) is 4.71. The van der Waals surface area contributed by atoms with Gasteiger partial charge >= 0.3 is 0 Å². The number of nitrogens with one attached hydrogen (secondary N) is 1. The van der Waals surface area contributed by atoms with E-state index < -0.39 is 0 Å². The van der Waals surface area contributed by atoms with Gasteiger partial charge in [-0.3, -0.25) is 9.67 Å². The molecule has 0 atom stereocenters. The molecule has 1 aromatic heterocycles. The molecule has 1 heterocycles. The molecule has 96 valence electrons. The Balaban J connectivity index is 2.47. The van der Waals surface area contributed by atoms with Gasteiger partial charge in [0.25, 0.3) is 0 Å². The molecule has 0 radical (unpaired) electrons. The third kappa shape index (κ3) is 2.90. The normalized spacial score (nSPS) is 10.8. The third-order valence-corrected chi connectivity index (χ3v) is 3.91. The second kappa shape index (κ2) is 6.10. The van der Waals surface area contributed by atoms with E-state index in [1.54, 1.807) is 7.11 Å². The smallest absolute Gasteiger partial charge is 0.195 e. The van der Waals surface area contributed by atoms with E-state index in [2.05, 4.69) is 42.1 Å². The number of methoxy groups -OCH3 is 1. The molecule has 1 aromatic carbocycles. The number of aromatic nitrogens is 3. The van der Waals surface area contributed by atoms with Gasteiger partial charge in [0, 0.05) is 21.6 Å². The van der Waals surface area contributed by atoms with Crippen LogP contribution in [-0.2, 0) is 11.3 Å². The number of rotatable bonds is 4. The molecular formula is C11H11Br2N3OS. The second-order valence-corrected chi connectivity index (χ2v) is 5.78. The van der Waals surface area contributed by atoms with Crippen LogP contribution in [0.15, 0.2) is 27.1 Å². The number of benzene rings is 1. The number of ether oxygens (including phenoxy) is 1. The summed E-state index contributed by atoms with van der Waals surface area (Å²) in [6, 6.07) is 5.94. The summed E-state index contributed by atoms with van der Waals surface area (Å²) in [4.78, 5) is 0. The maximum Gasteiger partial charge on any atom is 0.195 e. The fraction of sp³-hybridized carbons (Fsp3) is 0.273. The number of aromatic amines is 1. The minimum Gasteiger partial charge on any atom is -0.383 e. The fourth-order valence-electron chi connectivity index (χ4n) is 1.58. The van der Waals surface area contributed by atoms with Gasteiger partial charge in [0.05, 0.1) is 13.2 Å². The highest BCUT2D eigenvalue weighted by atomic mass is 79.9. The first-order valence-corrected chi connectivity index (χ1v) is 7.22. The molecule has 18 heavy (non-hydrogen) atoms. The van der Waals surface area contributed by atoms with E-state index in [9.17, 15) is 0 Å². The van der Waals surface area contributed by atoms with Crippen molar-refractivity contribution in [1.82, 2.24) is 14.8 Å². The highest BCUT2D eigenvalue weighted by Gasteiger charge is 2.11. The second-order valence-electron chi connectivity index (χ2n) is 3.62. The molecule has 2 rings (SSSR count). The quantitative estimate of drug-likeness (QED) is 0.805. The Labute approximate surface area is 127 Å². The first kappa shape index (κ1) is 13.9. The van der Waals surface area contributed by atoms with Crippen LogP contribution in [-0.4, -0.2) is 28.5 Å². The lowest BCUT2D eigenvalue weighted by atomic mass is 10.2. The Morgan fingerprint density at radius 1 is 1.44 bits per heavy atom. The summed E-state index contributed by atoms with van der Waals surface area (Å²) in [5.74, 6) is 0.802. The van der Waals surface area contributed by atoms with Crippen molar-refractivity contribution >= 4 is 44.1 Å². The number of nitrogens with zero attached hydrogens (tertiary/aromatic N) is 2. The van der Waals surface area contributed by atoms with Gasteiger partial charge in [-0.2, -0.15) is 5.10 Å². The molecule has 0 saturated carbocycles. The predicted molar refractivity (Wildman–Crippen MR) is 80.1 cm³/mol. The molecule has 4 nitrogen and oxygen atoms in total. The van der Waals surface area contributed by atoms with E-state index >= 15 is 0 Å². The fourth-order valence-corrected chi connectivity index (χ4v) is 3.03. The van der Waals surface area contributed by atoms with Crippen molar-refractivity contribution in [3.63, 3.8) is 0 Å². The summed E-state index contributed by atoms with van der Waals surface area (Å²) >= 11 is 12.2. The van der Waals surface area contributed by atoms with Crippen LogP contribution in [0.25, 0.3) is 11.4 Å². The van der Waals surface area contributed by atoms with Crippen molar-refractivity contribution < 1.29 is 4.74 Å². The highest BCUT2D eigenvalue weighted by Crippen LogP contribution is 2.29. The summed E-state index contributed by atoms with van der Waals surface area (Å²) in [5, 5.41) is 7.09. The van der Waals surface area contributed by atoms with Gasteiger partial charge in [0.1, 0.15) is 0 Å². The topological polar surface area (TPSA) is 42.8 Å². The zero-order chi connectivity index (χ0) is 13.1. The summed E-state index contributed by atoms with van der Waals surface area (Å²) in [6.07, 6.45) is 0. The summed E-state index contributed by atoms with van der Waals surface area (Å²) in [6.45, 7) is 1.26. The van der Waals surface area contributed by atoms with Crippen molar-refractivity contribution in [2.24, 2.45) is 0 Å². The van der Waals surface area contributed by atoms with Crippen LogP contribution < -0.4 is 0 Å². The molecule has 0 aliphatic rings. The van der Waals surface area contributed by atoms with Crippen molar-refractivity contribution in [1.29, 1.82) is 0 Å². The average Bonchev–Trinajstić information content (AvgIpc) is 2.68. The van der Waals surface area contributed by atoms with Crippen molar-refractivity contribution in [3.8, 4) is 11.4 Å². The van der Waals surface area contributed by atoms with Crippen LogP contribution >= 0.6 is 44.1 Å². The van der Waals surface area contributed by atoms with E-state index in [1.165, 1.54) is 0 Å². The van der Waals surface area contributed by atoms with Crippen LogP contribution in [0.1, 0.15) is 0 Å². The van der Waals surface area contributed by atoms with Crippen molar-refractivity contribution in [3.05, 3.63) is 31.9 Å². The van der Waals surface area contributed by atoms with Gasteiger partial charge in [0.15, 0.2) is 10.6 Å². The van der Waals surface area contributed by atoms with Crippen LogP contribution in [0.4, 0.5) is 0 Å². The zero-order valence-corrected chi connectivity index (χ0v) is 13.6. The van der Waals surface area contributed by atoms with Gasteiger partial charge in [-0.25, -0.2) is 0 Å². The van der Waals surface area contributed by atoms with Gasteiger partial charge in [0.2, 0.25) is 0 Å². The molecule has 0 bridgehead atoms. The standard InChI is InChI=1S/C11H11Br2N3OS/c1-17-5-4-16-10(14-15-11(16)18)8-3-2-7(12)6-9(8)13/h2-3,6H,4-5H2,1H3,(H,15,18). The van der Waals surface area contributed by atoms with Crippen LogP contribution in [0.2, 0.25) is 0 Å². The van der Waals surface area contributed by atoms with Gasteiger partial charge in [-0.1, -0.05) is 15.9 Å². The van der Waals surface area contributed by atoms with E-state index in [-0.39, 0.29) is 0 Å². The third-order valence-electron chi connectivity index (χ3n) is 2.45. The first-order chi connectivity index (χ1) is 8.63. The molecule has 2 aromatic rings. The number of H-pyrrole nitrogens is 1. The molecule has 0 aliphatic heterocycles. The first-order valence-electron chi connectivity index (χ1n) is 5.23. The molecule has 0 spiro atoms. The number of hydrogen-bond donors (Lipinski definition) is 1. The van der Waals surface area contributed by atoms with E-state index in [4.69, 9.17) is 17.0 Å². The Hall–Kier alpha value is -0.500. The van der Waals surface area contributed by atoms with Crippen molar-refractivity contribution in [2.45, 2.75) is 6.54 Å². The lowest BCUT2D eigenvalue weighted by Crippen LogP contribution is -2.06. The van der Waals surface area contributed by atoms with Crippen LogP contribution in [0.5, 0.6) is 0 Å². The van der Waals surface area contributed by atoms with Gasteiger partial charge < -0.3 is 4.74 Å². The molecule has 1 N–H and O–H groups in total. The molecule has 0 unspecified atom stereocenters. The monoisotopic (exact) mass is 391 g/mol. The SMILES string of the molecule is COCCn1c(-c2ccc(Br)cc2Br)n[nH]c1=S. The molecular weight excluding hydrogens is 382 g/mol. The Morgan fingerprint density at radius 2 is 2.22 bits per heavy atom. The molecule has 0 amide bonds. The highest BCUT2D eigenvalue weighted by molar-refractivity contribution is 9.11. The maximum absolute atomic E-state index is 5.22. The molecule has 7 heteroatoms. The lowest BCUT2D eigenvalue weighted by molar-refractivity contribution is 0.187. The summed E-state index contributed by atoms with van der Waals surface area (Å²) in [5.41, 5.74) is 0.988. The van der Waals surface area contributed by atoms with Gasteiger partial charge in [-0.05, 0) is 46.3 Å². The molecule has 0 saturated heterocycles. The van der Waals surface area contributed by atoms with E-state index in [0.29, 0.717) is 17.9 Å². The lowest BCUT2D eigenvalue weighted by Gasteiger charge is -2.08. The summed E-state index contributed by atoms with van der Waals surface area (Å²) < 4.78 is 9.57. The molecule has 0 aliphatic carbocycles. The predicted octanol–water partition coefficient (Wildman–Crippen LogP) is 3.78. The van der Waals surface area contributed by atoms with Crippen LogP contribution in [0, 0.1) is 4.77 Å². The summed E-state index contributed by atoms with van der Waals surface area (Å²) in [7, 11) is 1.67. The largest absolute Gasteiger partial charge is 0.383 e.